The molecule has 1 N–H and O–H groups in total. The Morgan fingerprint density at radius 2 is 2.04 bits per heavy atom. The van der Waals surface area contributed by atoms with Gasteiger partial charge in [-0.15, -0.1) is 0 Å². The van der Waals surface area contributed by atoms with Crippen molar-refractivity contribution in [3.8, 4) is 0 Å². The first-order chi connectivity index (χ1) is 12.9. The van der Waals surface area contributed by atoms with Gasteiger partial charge in [-0.2, -0.15) is 0 Å². The van der Waals surface area contributed by atoms with Crippen LogP contribution in [0, 0.1) is 27.9 Å². The summed E-state index contributed by atoms with van der Waals surface area (Å²) < 4.78 is 0. The maximum atomic E-state index is 12.9. The van der Waals surface area contributed by atoms with E-state index in [1.54, 1.807) is 0 Å². The van der Waals surface area contributed by atoms with Crippen LogP contribution in [0.3, 0.4) is 0 Å². The molecule has 9 nitrogen and oxygen atoms in total. The molecule has 0 unspecified atom stereocenters. The minimum Gasteiger partial charge on any atom is -0.277 e. The number of aliphatic imine (C=N–C) groups is 1. The lowest BCUT2D eigenvalue weighted by Crippen LogP contribution is -2.62. The van der Waals surface area contributed by atoms with Gasteiger partial charge in [0.15, 0.2) is 5.92 Å². The Morgan fingerprint density at radius 1 is 1.22 bits per heavy atom. The lowest BCUT2D eigenvalue weighted by atomic mass is 9.92. The van der Waals surface area contributed by atoms with Gasteiger partial charge < -0.3 is 0 Å². The minimum atomic E-state index is -1.22. The number of nitro benzene ring substituents is 1. The van der Waals surface area contributed by atoms with E-state index in [0.29, 0.717) is 11.8 Å². The van der Waals surface area contributed by atoms with Gasteiger partial charge in [0, 0.05) is 24.4 Å². The predicted molar refractivity (Wildman–Crippen MR) is 94.4 cm³/mol. The van der Waals surface area contributed by atoms with Crippen LogP contribution in [0.1, 0.15) is 25.7 Å². The van der Waals surface area contributed by atoms with Crippen molar-refractivity contribution in [3.05, 3.63) is 34.4 Å². The maximum absolute atomic E-state index is 12.9. The molecule has 1 aliphatic heterocycles. The number of rotatable bonds is 4. The molecule has 9 heteroatoms. The summed E-state index contributed by atoms with van der Waals surface area (Å²) in [5.41, 5.74) is 0.121. The first-order valence-corrected chi connectivity index (χ1v) is 8.90. The second-order valence-corrected chi connectivity index (χ2v) is 7.28. The first kappa shape index (κ1) is 17.3. The van der Waals surface area contributed by atoms with Crippen LogP contribution in [0.5, 0.6) is 0 Å². The molecule has 0 aromatic heterocycles. The Kier molecular flexibility index (Phi) is 4.21. The van der Waals surface area contributed by atoms with Crippen molar-refractivity contribution in [2.24, 2.45) is 22.7 Å². The number of carbonyl (C=O) groups excluding carboxylic acids is 3. The van der Waals surface area contributed by atoms with Gasteiger partial charge in [-0.05, 0) is 37.2 Å². The van der Waals surface area contributed by atoms with E-state index in [2.05, 4.69) is 10.3 Å². The number of hydrogen-bond acceptors (Lipinski definition) is 6. The third-order valence-electron chi connectivity index (χ3n) is 5.68. The number of urea groups is 1. The Hall–Kier alpha value is -3.10. The van der Waals surface area contributed by atoms with Gasteiger partial charge in [0.25, 0.3) is 5.69 Å². The molecule has 0 radical (unpaired) electrons. The second kappa shape index (κ2) is 6.57. The van der Waals surface area contributed by atoms with Gasteiger partial charge in [0.05, 0.1) is 10.6 Å². The fraction of sp³-hybridized carbons (Fsp3) is 0.444. The average molecular weight is 370 g/mol. The van der Waals surface area contributed by atoms with Crippen LogP contribution in [0.4, 0.5) is 16.2 Å². The van der Waals surface area contributed by atoms with E-state index >= 15 is 0 Å². The summed E-state index contributed by atoms with van der Waals surface area (Å²) in [6.07, 6.45) is 5.08. The minimum absolute atomic E-state index is 0.136. The zero-order valence-corrected chi connectivity index (χ0v) is 14.4. The number of imide groups is 2. The lowest BCUT2D eigenvalue weighted by molar-refractivity contribution is -0.384. The largest absolute Gasteiger partial charge is 0.331 e. The predicted octanol–water partition coefficient (Wildman–Crippen LogP) is 2.18. The summed E-state index contributed by atoms with van der Waals surface area (Å²) in [6.45, 7) is 0. The van der Waals surface area contributed by atoms with E-state index in [4.69, 9.17) is 0 Å². The van der Waals surface area contributed by atoms with E-state index in [-0.39, 0.29) is 17.4 Å². The molecule has 4 rings (SSSR count). The number of nitrogens with one attached hydrogen (secondary N) is 1. The maximum Gasteiger partial charge on any atom is 0.331 e. The van der Waals surface area contributed by atoms with E-state index < -0.39 is 28.7 Å². The summed E-state index contributed by atoms with van der Waals surface area (Å²) in [5.74, 6) is -1.68. The quantitative estimate of drug-likeness (QED) is 0.377. The molecular weight excluding hydrogens is 352 g/mol. The molecule has 27 heavy (non-hydrogen) atoms. The van der Waals surface area contributed by atoms with Crippen LogP contribution in [0.25, 0.3) is 0 Å². The molecular formula is C18H18N4O5. The van der Waals surface area contributed by atoms with Crippen LogP contribution in [-0.4, -0.2) is 39.9 Å². The van der Waals surface area contributed by atoms with Crippen LogP contribution >= 0.6 is 0 Å². The van der Waals surface area contributed by atoms with Crippen molar-refractivity contribution >= 4 is 35.4 Å². The number of carbonyl (C=O) groups is 3. The van der Waals surface area contributed by atoms with Gasteiger partial charge in [-0.25, -0.2) is 4.79 Å². The van der Waals surface area contributed by atoms with Crippen LogP contribution in [0.15, 0.2) is 29.3 Å². The molecule has 3 fully saturated rings. The number of non-ortho nitro benzene ring substituents is 1. The molecule has 1 aromatic carbocycles. The number of benzene rings is 1. The highest BCUT2D eigenvalue weighted by atomic mass is 16.6. The highest BCUT2D eigenvalue weighted by Gasteiger charge is 2.50. The molecule has 2 bridgehead atoms. The SMILES string of the molecule is O=C1NC(=O)N([C@H]2C[C@H]3CC[C@H]2C3)C(=O)[C@H]1C=Nc1cccc([N+](=O)[O-])c1. The monoisotopic (exact) mass is 370 g/mol. The fourth-order valence-electron chi connectivity index (χ4n) is 4.43. The molecule has 4 amide bonds. The second-order valence-electron chi connectivity index (χ2n) is 7.28. The number of nitro groups is 1. The molecule has 1 saturated heterocycles. The van der Waals surface area contributed by atoms with Crippen molar-refractivity contribution in [2.45, 2.75) is 31.7 Å². The highest BCUT2D eigenvalue weighted by molar-refractivity contribution is 6.23. The van der Waals surface area contributed by atoms with Gasteiger partial charge >= 0.3 is 6.03 Å². The molecule has 4 atom stereocenters. The number of nitrogens with zero attached hydrogens (tertiary/aromatic N) is 3. The molecule has 140 valence electrons. The van der Waals surface area contributed by atoms with Crippen molar-refractivity contribution in [2.75, 3.05) is 0 Å². The van der Waals surface area contributed by atoms with Gasteiger partial charge in [-0.3, -0.25) is 34.9 Å². The van der Waals surface area contributed by atoms with Crippen LogP contribution in [0.2, 0.25) is 0 Å². The number of hydrogen-bond donors (Lipinski definition) is 1. The number of barbiturate groups is 1. The topological polar surface area (TPSA) is 122 Å². The summed E-state index contributed by atoms with van der Waals surface area (Å²) in [7, 11) is 0. The van der Waals surface area contributed by atoms with E-state index in [1.807, 2.05) is 0 Å². The van der Waals surface area contributed by atoms with Gasteiger partial charge in [0.1, 0.15) is 0 Å². The van der Waals surface area contributed by atoms with E-state index in [1.165, 1.54) is 29.2 Å². The average Bonchev–Trinajstić information content (AvgIpc) is 3.25. The van der Waals surface area contributed by atoms with Crippen molar-refractivity contribution < 1.29 is 19.3 Å². The van der Waals surface area contributed by atoms with Crippen molar-refractivity contribution in [3.63, 3.8) is 0 Å². The van der Waals surface area contributed by atoms with E-state index in [0.717, 1.165) is 31.9 Å². The molecule has 0 spiro atoms. The fourth-order valence-corrected chi connectivity index (χ4v) is 4.43. The molecule has 1 heterocycles. The lowest BCUT2D eigenvalue weighted by Gasteiger charge is -2.36. The summed E-state index contributed by atoms with van der Waals surface area (Å²) >= 11 is 0. The molecule has 3 aliphatic rings. The highest BCUT2D eigenvalue weighted by Crippen LogP contribution is 2.47. The number of fused-ring (bicyclic) bond motifs is 2. The molecule has 2 saturated carbocycles. The molecule has 1 aromatic rings. The van der Waals surface area contributed by atoms with Crippen LogP contribution in [-0.2, 0) is 9.59 Å². The standard InChI is InChI=1S/C18H18N4O5/c23-16-14(9-19-12-2-1-3-13(8-12)22(26)27)17(24)21(18(25)20-16)15-7-10-4-5-11(15)6-10/h1-3,8-11,14-15H,4-7H2,(H,20,23,25)/t10-,11-,14-,15-/m0/s1. The summed E-state index contributed by atoms with van der Waals surface area (Å²) in [6, 6.07) is 4.75. The van der Waals surface area contributed by atoms with Gasteiger partial charge in [0.2, 0.25) is 11.8 Å². The zero-order valence-electron chi connectivity index (χ0n) is 14.4. The van der Waals surface area contributed by atoms with Crippen LogP contribution < -0.4 is 5.32 Å². The Bertz CT molecular complexity index is 867. The third-order valence-corrected chi connectivity index (χ3v) is 5.68. The first-order valence-electron chi connectivity index (χ1n) is 8.90. The third kappa shape index (κ3) is 3.09. The van der Waals surface area contributed by atoms with E-state index in [9.17, 15) is 24.5 Å². The van der Waals surface area contributed by atoms with Gasteiger partial charge in [-0.1, -0.05) is 12.5 Å². The normalized spacial score (nSPS) is 30.2. The van der Waals surface area contributed by atoms with Crippen molar-refractivity contribution in [1.82, 2.24) is 10.2 Å². The zero-order chi connectivity index (χ0) is 19.1. The smallest absolute Gasteiger partial charge is 0.277 e. The Balaban J connectivity index is 1.56. The summed E-state index contributed by atoms with van der Waals surface area (Å²) in [4.78, 5) is 52.8. The van der Waals surface area contributed by atoms with Crippen molar-refractivity contribution in [1.29, 1.82) is 0 Å². The molecule has 2 aliphatic carbocycles. The number of amides is 4. The summed E-state index contributed by atoms with van der Waals surface area (Å²) in [5, 5.41) is 13.1. The Labute approximate surface area is 154 Å². The Morgan fingerprint density at radius 3 is 2.70 bits per heavy atom.